The normalized spacial score (nSPS) is 17.9. The Morgan fingerprint density at radius 1 is 1.10 bits per heavy atom. The van der Waals surface area contributed by atoms with Crippen molar-refractivity contribution in [1.29, 1.82) is 0 Å². The summed E-state index contributed by atoms with van der Waals surface area (Å²) in [6.07, 6.45) is 5.15. The number of aromatic nitrogens is 3. The van der Waals surface area contributed by atoms with Crippen molar-refractivity contribution in [3.8, 4) is 0 Å². The van der Waals surface area contributed by atoms with Crippen molar-refractivity contribution < 1.29 is 14.3 Å². The number of rotatable bonds is 5. The first-order valence-electron chi connectivity index (χ1n) is 10.6. The van der Waals surface area contributed by atoms with Gasteiger partial charge in [-0.3, -0.25) is 14.6 Å². The van der Waals surface area contributed by atoms with Gasteiger partial charge < -0.3 is 14.5 Å². The van der Waals surface area contributed by atoms with E-state index in [0.29, 0.717) is 55.8 Å². The number of likely N-dealkylation sites (tertiary alicyclic amines) is 1. The van der Waals surface area contributed by atoms with E-state index in [1.165, 1.54) is 11.5 Å². The van der Waals surface area contributed by atoms with Crippen molar-refractivity contribution >= 4 is 23.3 Å². The number of hydrogen-bond acceptors (Lipinski definition) is 7. The quantitative estimate of drug-likeness (QED) is 0.725. The highest BCUT2D eigenvalue weighted by molar-refractivity contribution is 7.08. The molecule has 4 rings (SSSR count). The lowest BCUT2D eigenvalue weighted by Gasteiger charge is -2.31. The molecule has 2 fully saturated rings. The standard InChI is InChI=1S/C21H27N5O3S/c1-2-3-18-19(30-24-23-18)21(28)25-8-6-15(7-9-25)17-5-4-16(14-22-17)20(27)26-10-12-29-13-11-26/h4-5,14-15H,2-3,6-13H2,1H3. The third-order valence-corrected chi connectivity index (χ3v) is 6.52. The van der Waals surface area contributed by atoms with Crippen LogP contribution in [0.15, 0.2) is 18.3 Å². The second kappa shape index (κ2) is 9.61. The zero-order chi connectivity index (χ0) is 20.9. The summed E-state index contributed by atoms with van der Waals surface area (Å²) < 4.78 is 9.28. The fourth-order valence-corrected chi connectivity index (χ4v) is 4.69. The van der Waals surface area contributed by atoms with E-state index in [4.69, 9.17) is 4.74 Å². The minimum absolute atomic E-state index is 0.0128. The molecule has 9 heteroatoms. The molecular formula is C21H27N5O3S. The maximum atomic E-state index is 12.9. The van der Waals surface area contributed by atoms with E-state index in [1.807, 2.05) is 21.9 Å². The molecule has 2 aromatic heterocycles. The Morgan fingerprint density at radius 2 is 1.83 bits per heavy atom. The molecule has 2 amide bonds. The van der Waals surface area contributed by atoms with Crippen LogP contribution < -0.4 is 0 Å². The van der Waals surface area contributed by atoms with Crippen LogP contribution in [0, 0.1) is 0 Å². The number of carbonyl (C=O) groups excluding carboxylic acids is 2. The summed E-state index contributed by atoms with van der Waals surface area (Å²) in [4.78, 5) is 34.4. The highest BCUT2D eigenvalue weighted by Crippen LogP contribution is 2.28. The summed E-state index contributed by atoms with van der Waals surface area (Å²) in [5, 5.41) is 4.11. The largest absolute Gasteiger partial charge is 0.378 e. The summed E-state index contributed by atoms with van der Waals surface area (Å²) in [5.74, 6) is 0.362. The van der Waals surface area contributed by atoms with Gasteiger partial charge in [-0.25, -0.2) is 0 Å². The smallest absolute Gasteiger partial charge is 0.267 e. The molecule has 0 radical (unpaired) electrons. The second-order valence-electron chi connectivity index (χ2n) is 7.74. The summed E-state index contributed by atoms with van der Waals surface area (Å²) in [6, 6.07) is 3.83. The number of morpholine rings is 1. The van der Waals surface area contributed by atoms with Crippen LogP contribution in [0.3, 0.4) is 0 Å². The Labute approximate surface area is 180 Å². The van der Waals surface area contributed by atoms with Crippen LogP contribution in [0.1, 0.15) is 63.5 Å². The molecule has 0 aliphatic carbocycles. The summed E-state index contributed by atoms with van der Waals surface area (Å²) in [7, 11) is 0. The van der Waals surface area contributed by atoms with Crippen LogP contribution in [0.2, 0.25) is 0 Å². The Hall–Kier alpha value is -2.39. The lowest BCUT2D eigenvalue weighted by atomic mass is 9.92. The molecule has 0 aromatic carbocycles. The first kappa shape index (κ1) is 20.9. The van der Waals surface area contributed by atoms with Crippen molar-refractivity contribution in [2.24, 2.45) is 0 Å². The molecular weight excluding hydrogens is 402 g/mol. The van der Waals surface area contributed by atoms with Crippen LogP contribution in [0.5, 0.6) is 0 Å². The third kappa shape index (κ3) is 4.52. The molecule has 0 spiro atoms. The van der Waals surface area contributed by atoms with Crippen molar-refractivity contribution in [2.45, 2.75) is 38.5 Å². The molecule has 2 aliphatic heterocycles. The van der Waals surface area contributed by atoms with E-state index in [9.17, 15) is 9.59 Å². The van der Waals surface area contributed by atoms with E-state index < -0.39 is 0 Å². The Balaban J connectivity index is 1.34. The van der Waals surface area contributed by atoms with Crippen molar-refractivity contribution in [3.05, 3.63) is 40.2 Å². The zero-order valence-corrected chi connectivity index (χ0v) is 18.1. The van der Waals surface area contributed by atoms with Gasteiger partial charge in [0.05, 0.1) is 24.5 Å². The molecule has 0 bridgehead atoms. The monoisotopic (exact) mass is 429 g/mol. The fourth-order valence-electron chi connectivity index (χ4n) is 4.02. The highest BCUT2D eigenvalue weighted by atomic mass is 32.1. The van der Waals surface area contributed by atoms with Crippen LogP contribution in [-0.2, 0) is 11.2 Å². The molecule has 0 atom stereocenters. The molecule has 2 aromatic rings. The SMILES string of the molecule is CCCc1nnsc1C(=O)N1CCC(c2ccc(C(=O)N3CCOCC3)cn2)CC1. The molecule has 0 N–H and O–H groups in total. The molecule has 0 unspecified atom stereocenters. The van der Waals surface area contributed by atoms with Gasteiger partial charge in [0, 0.05) is 44.0 Å². The van der Waals surface area contributed by atoms with Gasteiger partial charge in [-0.05, 0) is 42.9 Å². The molecule has 160 valence electrons. The van der Waals surface area contributed by atoms with E-state index in [2.05, 4.69) is 21.5 Å². The van der Waals surface area contributed by atoms with Crippen molar-refractivity contribution in [3.63, 3.8) is 0 Å². The first-order valence-corrected chi connectivity index (χ1v) is 11.4. The van der Waals surface area contributed by atoms with Crippen LogP contribution in [-0.4, -0.2) is 75.6 Å². The molecule has 4 heterocycles. The third-order valence-electron chi connectivity index (χ3n) is 5.77. The number of ether oxygens (including phenoxy) is 1. The number of nitrogens with zero attached hydrogens (tertiary/aromatic N) is 5. The number of hydrogen-bond donors (Lipinski definition) is 0. The minimum Gasteiger partial charge on any atom is -0.378 e. The van der Waals surface area contributed by atoms with Gasteiger partial charge in [-0.2, -0.15) is 0 Å². The second-order valence-corrected chi connectivity index (χ2v) is 8.50. The molecule has 30 heavy (non-hydrogen) atoms. The predicted octanol–water partition coefficient (Wildman–Crippen LogP) is 2.38. The molecule has 8 nitrogen and oxygen atoms in total. The maximum absolute atomic E-state index is 12.9. The lowest BCUT2D eigenvalue weighted by molar-refractivity contribution is 0.0302. The van der Waals surface area contributed by atoms with Crippen molar-refractivity contribution in [2.75, 3.05) is 39.4 Å². The zero-order valence-electron chi connectivity index (χ0n) is 17.2. The number of piperidine rings is 1. The Morgan fingerprint density at radius 3 is 2.50 bits per heavy atom. The van der Waals surface area contributed by atoms with Crippen LogP contribution >= 0.6 is 11.5 Å². The van der Waals surface area contributed by atoms with Crippen LogP contribution in [0.4, 0.5) is 0 Å². The van der Waals surface area contributed by atoms with Gasteiger partial charge in [0.25, 0.3) is 11.8 Å². The van der Waals surface area contributed by atoms with Crippen LogP contribution in [0.25, 0.3) is 0 Å². The molecule has 2 aliphatic rings. The lowest BCUT2D eigenvalue weighted by Crippen LogP contribution is -2.40. The van der Waals surface area contributed by atoms with E-state index in [1.54, 1.807) is 6.20 Å². The van der Waals surface area contributed by atoms with Gasteiger partial charge in [0.1, 0.15) is 4.88 Å². The molecule has 0 saturated carbocycles. The average Bonchev–Trinajstić information content (AvgIpc) is 3.27. The molecule has 2 saturated heterocycles. The van der Waals surface area contributed by atoms with Gasteiger partial charge in [-0.1, -0.05) is 17.8 Å². The summed E-state index contributed by atoms with van der Waals surface area (Å²) >= 11 is 1.20. The summed E-state index contributed by atoms with van der Waals surface area (Å²) in [6.45, 7) is 5.90. The highest BCUT2D eigenvalue weighted by Gasteiger charge is 2.28. The minimum atomic E-state index is 0.0128. The van der Waals surface area contributed by atoms with E-state index >= 15 is 0 Å². The Kier molecular flexibility index (Phi) is 6.69. The van der Waals surface area contributed by atoms with Crippen molar-refractivity contribution in [1.82, 2.24) is 24.4 Å². The van der Waals surface area contributed by atoms with Gasteiger partial charge >= 0.3 is 0 Å². The number of pyridine rings is 1. The number of aryl methyl sites for hydroxylation is 1. The topological polar surface area (TPSA) is 88.5 Å². The summed E-state index contributed by atoms with van der Waals surface area (Å²) in [5.41, 5.74) is 2.43. The van der Waals surface area contributed by atoms with E-state index in [-0.39, 0.29) is 11.8 Å². The average molecular weight is 430 g/mol. The van der Waals surface area contributed by atoms with Gasteiger partial charge in [-0.15, -0.1) is 5.10 Å². The predicted molar refractivity (Wildman–Crippen MR) is 113 cm³/mol. The first-order chi connectivity index (χ1) is 14.7. The van der Waals surface area contributed by atoms with Gasteiger partial charge in [0.2, 0.25) is 0 Å². The number of carbonyl (C=O) groups is 2. The van der Waals surface area contributed by atoms with E-state index in [0.717, 1.165) is 37.1 Å². The fraction of sp³-hybridized carbons (Fsp3) is 0.571. The van der Waals surface area contributed by atoms with Gasteiger partial charge in [0.15, 0.2) is 0 Å². The number of amides is 2. The maximum Gasteiger partial charge on any atom is 0.267 e. The Bertz CT molecular complexity index is 871.